The minimum absolute atomic E-state index is 0.251. The highest BCUT2D eigenvalue weighted by Gasteiger charge is 2.42. The van der Waals surface area contributed by atoms with Crippen LogP contribution in [-0.4, -0.2) is 36.2 Å². The number of hydrogen-bond acceptors (Lipinski definition) is 5. The molecule has 0 unspecified atom stereocenters. The first-order valence-electron chi connectivity index (χ1n) is 6.46. The van der Waals surface area contributed by atoms with Crippen molar-refractivity contribution >= 4 is 51.7 Å². The molecule has 0 saturated carbocycles. The van der Waals surface area contributed by atoms with E-state index in [-0.39, 0.29) is 6.10 Å². The molecule has 114 valence electrons. The molecule has 2 rings (SSSR count). The van der Waals surface area contributed by atoms with Gasteiger partial charge in [0, 0.05) is 10.0 Å². The van der Waals surface area contributed by atoms with Crippen LogP contribution in [0.25, 0.3) is 5.70 Å². The van der Waals surface area contributed by atoms with Crippen molar-refractivity contribution in [2.45, 2.75) is 32.4 Å². The van der Waals surface area contributed by atoms with E-state index in [0.717, 1.165) is 14.2 Å². The van der Waals surface area contributed by atoms with Gasteiger partial charge in [0.1, 0.15) is 6.04 Å². The summed E-state index contributed by atoms with van der Waals surface area (Å²) in [5.41, 5.74) is 0.742. The number of carbonyl (C=O) groups is 2. The van der Waals surface area contributed by atoms with Crippen LogP contribution >= 0.6 is 33.9 Å². The van der Waals surface area contributed by atoms with Gasteiger partial charge >= 0.3 is 12.1 Å². The first kappa shape index (κ1) is 16.3. The lowest BCUT2D eigenvalue weighted by Crippen LogP contribution is -2.42. The van der Waals surface area contributed by atoms with Gasteiger partial charge in [0.25, 0.3) is 0 Å². The second-order valence-electron chi connectivity index (χ2n) is 4.78. The van der Waals surface area contributed by atoms with Crippen LogP contribution in [0.4, 0.5) is 4.79 Å². The van der Waals surface area contributed by atoms with Gasteiger partial charge in [0.15, 0.2) is 0 Å². The van der Waals surface area contributed by atoms with Gasteiger partial charge in [0.05, 0.1) is 23.8 Å². The van der Waals surface area contributed by atoms with Crippen molar-refractivity contribution < 1.29 is 19.1 Å². The summed E-state index contributed by atoms with van der Waals surface area (Å²) in [7, 11) is 1.32. The van der Waals surface area contributed by atoms with Gasteiger partial charge in [-0.15, -0.1) is 11.3 Å². The topological polar surface area (TPSA) is 55.8 Å². The summed E-state index contributed by atoms with van der Waals surface area (Å²) in [6.07, 6.45) is -0.317. The van der Waals surface area contributed by atoms with Crippen molar-refractivity contribution in [3.8, 4) is 0 Å². The Labute approximate surface area is 141 Å². The zero-order valence-electron chi connectivity index (χ0n) is 12.0. The van der Waals surface area contributed by atoms with E-state index in [1.807, 2.05) is 17.5 Å². The molecule has 0 aliphatic carbocycles. The van der Waals surface area contributed by atoms with E-state index in [1.165, 1.54) is 23.3 Å². The summed E-state index contributed by atoms with van der Waals surface area (Å²) >= 11 is 3.69. The fourth-order valence-electron chi connectivity index (χ4n) is 2.11. The van der Waals surface area contributed by atoms with Crippen molar-refractivity contribution in [2.24, 2.45) is 0 Å². The van der Waals surface area contributed by atoms with Crippen molar-refractivity contribution in [2.75, 3.05) is 7.11 Å². The Kier molecular flexibility index (Phi) is 5.26. The summed E-state index contributed by atoms with van der Waals surface area (Å²) in [5, 5.41) is 1.93. The molecule has 0 radical (unpaired) electrons. The maximum absolute atomic E-state index is 12.4. The number of amides is 1. The molecule has 0 bridgehead atoms. The molecule has 0 spiro atoms. The Morgan fingerprint density at radius 1 is 1.48 bits per heavy atom. The molecule has 0 N–H and O–H groups in total. The number of nitrogens with zero attached hydrogens (tertiary/aromatic N) is 1. The molecule has 1 aliphatic heterocycles. The van der Waals surface area contributed by atoms with E-state index in [9.17, 15) is 9.59 Å². The summed E-state index contributed by atoms with van der Waals surface area (Å²) < 4.78 is 11.1. The minimum Gasteiger partial charge on any atom is -0.467 e. The van der Waals surface area contributed by atoms with Crippen LogP contribution in [0.2, 0.25) is 0 Å². The van der Waals surface area contributed by atoms with Crippen LogP contribution in [0.1, 0.15) is 25.1 Å². The lowest BCUT2D eigenvalue weighted by Gasteiger charge is -2.25. The predicted octanol–water partition coefficient (Wildman–Crippen LogP) is 3.64. The van der Waals surface area contributed by atoms with Gasteiger partial charge in [0.2, 0.25) is 0 Å². The van der Waals surface area contributed by atoms with Crippen LogP contribution < -0.4 is 0 Å². The highest BCUT2D eigenvalue weighted by molar-refractivity contribution is 14.1. The van der Waals surface area contributed by atoms with Gasteiger partial charge in [-0.05, 0) is 47.9 Å². The molecule has 0 fully saturated rings. The first-order chi connectivity index (χ1) is 9.95. The third-order valence-corrected chi connectivity index (χ3v) is 4.77. The number of ether oxygens (including phenoxy) is 2. The number of esters is 1. The van der Waals surface area contributed by atoms with Gasteiger partial charge in [-0.1, -0.05) is 6.07 Å². The molecule has 5 nitrogen and oxygen atoms in total. The summed E-state index contributed by atoms with van der Waals surface area (Å²) in [6, 6.07) is 3.17. The monoisotopic (exact) mass is 421 g/mol. The van der Waals surface area contributed by atoms with Crippen molar-refractivity contribution in [3.05, 3.63) is 26.0 Å². The second kappa shape index (κ2) is 6.78. The zero-order valence-corrected chi connectivity index (χ0v) is 14.9. The fraction of sp³-hybridized carbons (Fsp3) is 0.429. The second-order valence-corrected chi connectivity index (χ2v) is 7.03. The first-order valence-corrected chi connectivity index (χ1v) is 8.41. The zero-order chi connectivity index (χ0) is 15.6. The van der Waals surface area contributed by atoms with E-state index in [1.54, 1.807) is 13.8 Å². The van der Waals surface area contributed by atoms with Gasteiger partial charge in [-0.3, -0.25) is 4.90 Å². The lowest BCUT2D eigenvalue weighted by molar-refractivity contribution is -0.144. The summed E-state index contributed by atoms with van der Waals surface area (Å²) in [6.45, 7) is 3.56. The Bertz CT molecular complexity index is 568. The van der Waals surface area contributed by atoms with E-state index < -0.39 is 18.1 Å². The number of hydrogen-bond donors (Lipinski definition) is 0. The molecule has 7 heteroatoms. The molecular formula is C14H16INO4S. The molecule has 1 aliphatic rings. The normalized spacial score (nSPS) is 18.3. The minimum atomic E-state index is -0.662. The van der Waals surface area contributed by atoms with Crippen LogP contribution in [0, 0.1) is 0 Å². The predicted molar refractivity (Wildman–Crippen MR) is 89.1 cm³/mol. The number of carbonyl (C=O) groups excluding carboxylic acids is 2. The molecule has 1 amide bonds. The third kappa shape index (κ3) is 3.39. The van der Waals surface area contributed by atoms with Crippen molar-refractivity contribution in [3.63, 3.8) is 0 Å². The number of methoxy groups -OCH3 is 1. The van der Waals surface area contributed by atoms with Gasteiger partial charge < -0.3 is 9.47 Å². The quantitative estimate of drug-likeness (QED) is 0.553. The number of halogens is 1. The van der Waals surface area contributed by atoms with Crippen LogP contribution in [0.15, 0.2) is 21.1 Å². The van der Waals surface area contributed by atoms with Crippen LogP contribution in [0.5, 0.6) is 0 Å². The molecule has 0 aromatic carbocycles. The Balaban J connectivity index is 2.39. The van der Waals surface area contributed by atoms with Gasteiger partial charge in [-0.2, -0.15) is 0 Å². The lowest BCUT2D eigenvalue weighted by atomic mass is 10.2. The number of thiophene rings is 1. The maximum Gasteiger partial charge on any atom is 0.415 e. The largest absolute Gasteiger partial charge is 0.467 e. The smallest absolute Gasteiger partial charge is 0.415 e. The SMILES string of the molecule is COC(=O)[C@@H]1CC(I)=C(c2cccs2)N1C(=O)OC(C)C. The average Bonchev–Trinajstić information content (AvgIpc) is 3.03. The van der Waals surface area contributed by atoms with Crippen LogP contribution in [-0.2, 0) is 14.3 Å². The molecular weight excluding hydrogens is 405 g/mol. The standard InChI is InChI=1S/C14H16INO4S/c1-8(2)20-14(18)16-10(13(17)19-3)7-9(15)12(16)11-5-4-6-21-11/h4-6,8,10H,7H2,1-3H3/t10-/m0/s1. The molecule has 21 heavy (non-hydrogen) atoms. The Hall–Kier alpha value is -1.09. The highest BCUT2D eigenvalue weighted by atomic mass is 127. The van der Waals surface area contributed by atoms with E-state index in [4.69, 9.17) is 9.47 Å². The maximum atomic E-state index is 12.4. The third-order valence-electron chi connectivity index (χ3n) is 2.94. The summed E-state index contributed by atoms with van der Waals surface area (Å²) in [5.74, 6) is -0.434. The molecule has 1 atom stereocenters. The average molecular weight is 421 g/mol. The van der Waals surface area contributed by atoms with Crippen molar-refractivity contribution in [1.82, 2.24) is 4.90 Å². The van der Waals surface area contributed by atoms with E-state index >= 15 is 0 Å². The number of rotatable bonds is 3. The molecule has 2 heterocycles. The van der Waals surface area contributed by atoms with E-state index in [2.05, 4.69) is 22.6 Å². The van der Waals surface area contributed by atoms with Crippen molar-refractivity contribution in [1.29, 1.82) is 0 Å². The fourth-order valence-corrected chi connectivity index (χ4v) is 4.06. The highest BCUT2D eigenvalue weighted by Crippen LogP contribution is 2.41. The molecule has 0 saturated heterocycles. The molecule has 1 aromatic rings. The Morgan fingerprint density at radius 3 is 2.71 bits per heavy atom. The van der Waals surface area contributed by atoms with E-state index in [0.29, 0.717) is 6.42 Å². The summed E-state index contributed by atoms with van der Waals surface area (Å²) in [4.78, 5) is 26.7. The van der Waals surface area contributed by atoms with Gasteiger partial charge in [-0.25, -0.2) is 9.59 Å². The molecule has 1 aromatic heterocycles. The Morgan fingerprint density at radius 2 is 2.19 bits per heavy atom. The van der Waals surface area contributed by atoms with Crippen LogP contribution in [0.3, 0.4) is 0 Å².